The van der Waals surface area contributed by atoms with E-state index in [-0.39, 0.29) is 15.3 Å². The number of Topliss-reactive ketones (excluding diaryl/α,β-unsaturated/α-hetero) is 1. The van der Waals surface area contributed by atoms with Crippen molar-refractivity contribution in [3.8, 4) is 5.69 Å². The molecule has 0 spiro atoms. The Hall–Kier alpha value is -2.79. The zero-order valence-electron chi connectivity index (χ0n) is 14.7. The Morgan fingerprint density at radius 1 is 1.24 bits per heavy atom. The second-order valence-corrected chi connectivity index (χ2v) is 6.68. The lowest BCUT2D eigenvalue weighted by Crippen LogP contribution is -2.45. The summed E-state index contributed by atoms with van der Waals surface area (Å²) in [5, 5.41) is -4.60. The predicted octanol–water partition coefficient (Wildman–Crippen LogP) is 1.93. The van der Waals surface area contributed by atoms with Crippen molar-refractivity contribution < 1.29 is 27.5 Å². The summed E-state index contributed by atoms with van der Waals surface area (Å²) in [5.41, 5.74) is -5.59. The number of nitrogen functional groups attached to an aromatic ring is 1. The number of benzene rings is 1. The van der Waals surface area contributed by atoms with Gasteiger partial charge < -0.3 is 10.6 Å². The van der Waals surface area contributed by atoms with Gasteiger partial charge in [0.2, 0.25) is 0 Å². The number of carbonyl (C=O) groups excluding carboxylic acids is 2. The maximum absolute atomic E-state index is 14.4. The summed E-state index contributed by atoms with van der Waals surface area (Å²) in [6.07, 6.45) is -1.15. The number of nitrogens with two attached hydrogens (primary N) is 1. The van der Waals surface area contributed by atoms with Crippen molar-refractivity contribution in [1.29, 1.82) is 0 Å². The molecule has 0 saturated carbocycles. The van der Waals surface area contributed by atoms with Crippen LogP contribution in [-0.4, -0.2) is 27.1 Å². The highest BCUT2D eigenvalue weighted by Crippen LogP contribution is 2.30. The highest BCUT2D eigenvalue weighted by atomic mass is 35.5. The Labute approximate surface area is 170 Å². The molecule has 1 heterocycles. The van der Waals surface area contributed by atoms with E-state index in [4.69, 9.17) is 33.8 Å². The van der Waals surface area contributed by atoms with E-state index in [1.807, 2.05) is 0 Å². The minimum absolute atomic E-state index is 0.100. The Bertz CT molecular complexity index is 1120. The molecule has 0 aliphatic carbocycles. The van der Waals surface area contributed by atoms with E-state index in [0.29, 0.717) is 12.1 Å². The predicted molar refractivity (Wildman–Crippen MR) is 96.7 cm³/mol. The summed E-state index contributed by atoms with van der Waals surface area (Å²) < 4.78 is 45.8. The number of aromatic nitrogens is 2. The molecule has 0 amide bonds. The van der Waals surface area contributed by atoms with E-state index < -0.39 is 62.3 Å². The maximum atomic E-state index is 14.4. The van der Waals surface area contributed by atoms with Crippen molar-refractivity contribution in [3.05, 3.63) is 61.1 Å². The molecule has 1 aromatic carbocycles. The fraction of sp³-hybridized carbons (Fsp3) is 0.250. The zero-order chi connectivity index (χ0) is 22.3. The van der Waals surface area contributed by atoms with Crippen LogP contribution in [0.25, 0.3) is 5.69 Å². The smallest absolute Gasteiger partial charge is 0.365 e. The van der Waals surface area contributed by atoms with Gasteiger partial charge >= 0.3 is 17.0 Å². The number of hydrogen-bond acceptors (Lipinski definition) is 6. The molecule has 0 aliphatic heterocycles. The molecular weight excluding hydrogens is 442 g/mol. The van der Waals surface area contributed by atoms with Gasteiger partial charge in [-0.05, 0) is 37.6 Å². The summed E-state index contributed by atoms with van der Waals surface area (Å²) >= 11 is 10.6. The molecule has 0 fully saturated rings. The molecule has 156 valence electrons. The van der Waals surface area contributed by atoms with Crippen LogP contribution in [0.2, 0.25) is 5.02 Å². The Balaban J connectivity index is 2.70. The summed E-state index contributed by atoms with van der Waals surface area (Å²) in [6.45, 7) is 2.44. The van der Waals surface area contributed by atoms with Crippen LogP contribution in [0.4, 0.5) is 13.2 Å². The van der Waals surface area contributed by atoms with E-state index in [1.54, 1.807) is 0 Å². The van der Waals surface area contributed by atoms with Crippen LogP contribution in [0.1, 0.15) is 29.9 Å². The number of halogens is 5. The Kier molecular flexibility index (Phi) is 6.14. The highest BCUT2D eigenvalue weighted by molar-refractivity contribution is 6.33. The quantitative estimate of drug-likeness (QED) is 0.420. The molecule has 1 unspecified atom stereocenters. The lowest BCUT2D eigenvalue weighted by molar-refractivity contribution is -0.124. The van der Waals surface area contributed by atoms with Crippen molar-refractivity contribution in [2.24, 2.45) is 0 Å². The first-order chi connectivity index (χ1) is 13.3. The molecule has 0 bridgehead atoms. The number of nitrogens with zero attached hydrogens (tertiary/aromatic N) is 2. The number of esters is 1. The molecule has 2 rings (SSSR count). The average Bonchev–Trinajstić information content (AvgIpc) is 2.58. The largest absolute Gasteiger partial charge is 0.451 e. The lowest BCUT2D eigenvalue weighted by atomic mass is 10.1. The third-order valence-electron chi connectivity index (χ3n) is 3.78. The van der Waals surface area contributed by atoms with Gasteiger partial charge in [0.1, 0.15) is 11.5 Å². The summed E-state index contributed by atoms with van der Waals surface area (Å²) in [6, 6.07) is 1.52. The van der Waals surface area contributed by atoms with Gasteiger partial charge in [0.15, 0.2) is 11.9 Å². The number of rotatable bonds is 5. The summed E-state index contributed by atoms with van der Waals surface area (Å²) in [5.74, 6) is 2.38. The summed E-state index contributed by atoms with van der Waals surface area (Å²) in [7, 11) is 0. The van der Waals surface area contributed by atoms with Crippen molar-refractivity contribution in [2.45, 2.75) is 25.3 Å². The van der Waals surface area contributed by atoms with Crippen molar-refractivity contribution in [1.82, 2.24) is 9.24 Å². The fourth-order valence-corrected chi connectivity index (χ4v) is 2.54. The van der Waals surface area contributed by atoms with Crippen LogP contribution >= 0.6 is 23.2 Å². The molecule has 0 radical (unpaired) electrons. The number of ketones is 1. The third-order valence-corrected chi connectivity index (χ3v) is 4.29. The maximum Gasteiger partial charge on any atom is 0.365 e. The third kappa shape index (κ3) is 4.46. The first-order valence-corrected chi connectivity index (χ1v) is 8.43. The number of carbonyl (C=O) groups is 2. The molecule has 2 N–H and O–H groups in total. The van der Waals surface area contributed by atoms with Gasteiger partial charge in [-0.1, -0.05) is 11.6 Å². The van der Waals surface area contributed by atoms with E-state index in [9.17, 15) is 32.3 Å². The van der Waals surface area contributed by atoms with Crippen molar-refractivity contribution in [3.63, 3.8) is 0 Å². The standard InChI is InChI=1S/C16H12Cl2F3N3O5/c1-6(25)7(2)29-14(27)8-3-11(10(19)4-9(8)17)23-13(26)5-12(16(18,20)21)24(22)15(23)28/h3-5,7H,22H2,1-2H3. The lowest BCUT2D eigenvalue weighted by Gasteiger charge is -2.16. The van der Waals surface area contributed by atoms with Crippen LogP contribution in [0.3, 0.4) is 0 Å². The minimum atomic E-state index is -4.15. The molecular formula is C16H12Cl2F3N3O5. The van der Waals surface area contributed by atoms with Crippen LogP contribution in [0.5, 0.6) is 0 Å². The number of alkyl halides is 3. The zero-order valence-corrected chi connectivity index (χ0v) is 16.2. The molecule has 1 atom stereocenters. The number of ether oxygens (including phenoxy) is 1. The van der Waals surface area contributed by atoms with E-state index >= 15 is 0 Å². The Morgan fingerprint density at radius 2 is 1.83 bits per heavy atom. The van der Waals surface area contributed by atoms with E-state index in [2.05, 4.69) is 0 Å². The second kappa shape index (κ2) is 7.91. The van der Waals surface area contributed by atoms with Crippen LogP contribution < -0.4 is 17.1 Å². The van der Waals surface area contributed by atoms with E-state index in [1.165, 1.54) is 6.92 Å². The second-order valence-electron chi connectivity index (χ2n) is 5.80. The normalized spacial score (nSPS) is 12.5. The molecule has 1 aromatic heterocycles. The van der Waals surface area contributed by atoms with Gasteiger partial charge in [0.05, 0.1) is 16.3 Å². The SMILES string of the molecule is CC(=O)C(C)OC(=O)c1cc(-n2c(=O)cc(C(F)(F)Cl)n(N)c2=O)c(F)cc1Cl. The number of hydrogen-bond donors (Lipinski definition) is 1. The molecule has 0 saturated heterocycles. The molecule has 0 aliphatic rings. The molecule has 2 aromatic rings. The first kappa shape index (κ1) is 22.5. The van der Waals surface area contributed by atoms with Crippen molar-refractivity contribution in [2.75, 3.05) is 5.84 Å². The fourth-order valence-electron chi connectivity index (χ4n) is 2.17. The molecule has 29 heavy (non-hydrogen) atoms. The highest BCUT2D eigenvalue weighted by Gasteiger charge is 2.33. The van der Waals surface area contributed by atoms with Gasteiger partial charge in [0.25, 0.3) is 5.56 Å². The van der Waals surface area contributed by atoms with Crippen LogP contribution in [0.15, 0.2) is 27.8 Å². The average molecular weight is 454 g/mol. The van der Waals surface area contributed by atoms with Crippen molar-refractivity contribution >= 4 is 35.0 Å². The van der Waals surface area contributed by atoms with E-state index in [0.717, 1.165) is 6.92 Å². The van der Waals surface area contributed by atoms with Gasteiger partial charge in [-0.25, -0.2) is 23.2 Å². The molecule has 8 nitrogen and oxygen atoms in total. The van der Waals surface area contributed by atoms with Crippen LogP contribution in [0, 0.1) is 5.82 Å². The minimum Gasteiger partial charge on any atom is -0.451 e. The van der Waals surface area contributed by atoms with Gasteiger partial charge in [-0.3, -0.25) is 9.59 Å². The van der Waals surface area contributed by atoms with Gasteiger partial charge in [-0.2, -0.15) is 8.78 Å². The monoisotopic (exact) mass is 453 g/mol. The topological polar surface area (TPSA) is 113 Å². The first-order valence-electron chi connectivity index (χ1n) is 7.68. The molecule has 13 heteroatoms. The van der Waals surface area contributed by atoms with Gasteiger partial charge in [-0.15, -0.1) is 0 Å². The Morgan fingerprint density at radius 3 is 2.34 bits per heavy atom. The summed E-state index contributed by atoms with van der Waals surface area (Å²) in [4.78, 5) is 47.9. The van der Waals surface area contributed by atoms with Crippen LogP contribution in [-0.2, 0) is 14.9 Å². The van der Waals surface area contributed by atoms with Gasteiger partial charge in [0, 0.05) is 6.07 Å².